The lowest BCUT2D eigenvalue weighted by atomic mass is 10.2. The third-order valence-corrected chi connectivity index (χ3v) is 2.55. The zero-order valence-corrected chi connectivity index (χ0v) is 11.5. The molecule has 0 aliphatic carbocycles. The molecule has 0 bridgehead atoms. The van der Waals surface area contributed by atoms with Crippen LogP contribution >= 0.6 is 0 Å². The van der Waals surface area contributed by atoms with Crippen molar-refractivity contribution < 1.29 is 9.84 Å². The van der Waals surface area contributed by atoms with Gasteiger partial charge in [-0.15, -0.1) is 0 Å². The Labute approximate surface area is 109 Å². The maximum absolute atomic E-state index is 9.75. The topological polar surface area (TPSA) is 54.4 Å². The van der Waals surface area contributed by atoms with Crippen molar-refractivity contribution in [2.45, 2.75) is 32.9 Å². The number of aromatic nitrogens is 1. The molecule has 4 nitrogen and oxygen atoms in total. The smallest absolute Gasteiger partial charge is 0.0897 e. The van der Waals surface area contributed by atoms with Crippen LogP contribution in [0.2, 0.25) is 0 Å². The molecule has 18 heavy (non-hydrogen) atoms. The summed E-state index contributed by atoms with van der Waals surface area (Å²) < 4.78 is 5.39. The van der Waals surface area contributed by atoms with Crippen molar-refractivity contribution >= 4 is 0 Å². The number of hydrogen-bond donors (Lipinski definition) is 2. The molecule has 0 fully saturated rings. The number of nitrogens with one attached hydrogen (secondary N) is 1. The van der Waals surface area contributed by atoms with Crippen LogP contribution in [0, 0.1) is 5.92 Å². The molecule has 2 atom stereocenters. The minimum Gasteiger partial charge on any atom is -0.389 e. The molecule has 0 aliphatic heterocycles. The summed E-state index contributed by atoms with van der Waals surface area (Å²) in [6.07, 6.45) is 1.30. The minimum absolute atomic E-state index is 0.131. The Bertz CT molecular complexity index is 317. The van der Waals surface area contributed by atoms with Crippen LogP contribution in [0.1, 0.15) is 32.5 Å². The van der Waals surface area contributed by atoms with Gasteiger partial charge in [0.2, 0.25) is 0 Å². The van der Waals surface area contributed by atoms with Gasteiger partial charge in [-0.1, -0.05) is 19.9 Å². The van der Waals surface area contributed by atoms with Gasteiger partial charge in [0, 0.05) is 25.4 Å². The van der Waals surface area contributed by atoms with E-state index in [2.05, 4.69) is 24.1 Å². The van der Waals surface area contributed by atoms with Crippen molar-refractivity contribution in [2.24, 2.45) is 5.92 Å². The zero-order chi connectivity index (χ0) is 13.4. The summed E-state index contributed by atoms with van der Waals surface area (Å²) in [5, 5.41) is 13.0. The van der Waals surface area contributed by atoms with Crippen LogP contribution in [0.15, 0.2) is 24.4 Å². The highest BCUT2D eigenvalue weighted by Gasteiger charge is 2.09. The normalized spacial score (nSPS) is 14.7. The molecule has 4 heteroatoms. The molecule has 0 radical (unpaired) electrons. The van der Waals surface area contributed by atoms with Gasteiger partial charge in [-0.25, -0.2) is 0 Å². The summed E-state index contributed by atoms with van der Waals surface area (Å²) in [5.41, 5.74) is 0.979. The first kappa shape index (κ1) is 15.1. The Morgan fingerprint density at radius 3 is 2.67 bits per heavy atom. The van der Waals surface area contributed by atoms with Crippen LogP contribution in [-0.2, 0) is 4.74 Å². The second-order valence-electron chi connectivity index (χ2n) is 4.97. The van der Waals surface area contributed by atoms with Crippen LogP contribution in [-0.4, -0.2) is 36.0 Å². The van der Waals surface area contributed by atoms with Crippen LogP contribution in [0.25, 0.3) is 0 Å². The third-order valence-electron chi connectivity index (χ3n) is 2.55. The molecule has 1 unspecified atom stereocenters. The Morgan fingerprint density at radius 1 is 1.28 bits per heavy atom. The van der Waals surface area contributed by atoms with Crippen LogP contribution < -0.4 is 5.32 Å². The Morgan fingerprint density at radius 2 is 2.06 bits per heavy atom. The number of aliphatic hydroxyl groups is 1. The third kappa shape index (κ3) is 6.10. The monoisotopic (exact) mass is 252 g/mol. The molecule has 1 heterocycles. The molecule has 1 aromatic rings. The quantitative estimate of drug-likeness (QED) is 0.740. The van der Waals surface area contributed by atoms with Gasteiger partial charge in [0.1, 0.15) is 0 Å². The minimum atomic E-state index is -0.477. The fourth-order valence-corrected chi connectivity index (χ4v) is 1.55. The van der Waals surface area contributed by atoms with E-state index in [0.29, 0.717) is 25.7 Å². The molecule has 0 spiro atoms. The van der Waals surface area contributed by atoms with Crippen molar-refractivity contribution in [3.63, 3.8) is 0 Å². The molecule has 1 rings (SSSR count). The molecule has 2 N–H and O–H groups in total. The van der Waals surface area contributed by atoms with E-state index in [-0.39, 0.29) is 6.04 Å². The molecule has 0 aliphatic rings. The van der Waals surface area contributed by atoms with E-state index in [9.17, 15) is 5.11 Å². The molecule has 0 saturated heterocycles. The van der Waals surface area contributed by atoms with E-state index >= 15 is 0 Å². The lowest BCUT2D eigenvalue weighted by molar-refractivity contribution is 0.0251. The van der Waals surface area contributed by atoms with E-state index in [1.165, 1.54) is 0 Å². The van der Waals surface area contributed by atoms with Gasteiger partial charge >= 0.3 is 0 Å². The Kier molecular flexibility index (Phi) is 6.86. The first-order valence-corrected chi connectivity index (χ1v) is 6.49. The largest absolute Gasteiger partial charge is 0.389 e. The van der Waals surface area contributed by atoms with Gasteiger partial charge in [0.05, 0.1) is 18.4 Å². The Hall–Kier alpha value is -0.970. The van der Waals surface area contributed by atoms with Gasteiger partial charge in [0.25, 0.3) is 0 Å². The highest BCUT2D eigenvalue weighted by molar-refractivity contribution is 5.07. The van der Waals surface area contributed by atoms with Crippen molar-refractivity contribution in [1.82, 2.24) is 10.3 Å². The number of nitrogens with zero attached hydrogens (tertiary/aromatic N) is 1. The first-order valence-electron chi connectivity index (χ1n) is 6.49. The summed E-state index contributed by atoms with van der Waals surface area (Å²) in [6, 6.07) is 5.96. The molecular weight excluding hydrogens is 228 g/mol. The fraction of sp³-hybridized carbons (Fsp3) is 0.643. The number of aliphatic hydroxyl groups excluding tert-OH is 1. The number of ether oxygens (including phenoxy) is 1. The second kappa shape index (κ2) is 8.19. The van der Waals surface area contributed by atoms with E-state index in [1.54, 1.807) is 6.20 Å². The predicted molar refractivity (Wildman–Crippen MR) is 72.3 cm³/mol. The summed E-state index contributed by atoms with van der Waals surface area (Å²) >= 11 is 0. The number of hydrogen-bond acceptors (Lipinski definition) is 4. The van der Waals surface area contributed by atoms with E-state index in [0.717, 1.165) is 5.69 Å². The van der Waals surface area contributed by atoms with Crippen LogP contribution in [0.4, 0.5) is 0 Å². The van der Waals surface area contributed by atoms with Crippen LogP contribution in [0.3, 0.4) is 0 Å². The van der Waals surface area contributed by atoms with E-state index < -0.39 is 6.10 Å². The summed E-state index contributed by atoms with van der Waals surface area (Å²) in [6.45, 7) is 7.79. The predicted octanol–water partition coefficient (Wildman–Crippen LogP) is 1.77. The number of rotatable bonds is 8. The average Bonchev–Trinajstić information content (AvgIpc) is 2.36. The highest BCUT2D eigenvalue weighted by atomic mass is 16.5. The maximum atomic E-state index is 9.75. The van der Waals surface area contributed by atoms with Crippen molar-refractivity contribution in [1.29, 1.82) is 0 Å². The molecule has 1 aromatic heterocycles. The number of pyridine rings is 1. The zero-order valence-electron chi connectivity index (χ0n) is 11.5. The lowest BCUT2D eigenvalue weighted by Crippen LogP contribution is -2.32. The van der Waals surface area contributed by atoms with E-state index in [1.807, 2.05) is 25.1 Å². The molecular formula is C14H24N2O2. The van der Waals surface area contributed by atoms with Gasteiger partial charge in [-0.05, 0) is 25.0 Å². The van der Waals surface area contributed by atoms with Gasteiger partial charge in [0.15, 0.2) is 0 Å². The van der Waals surface area contributed by atoms with Gasteiger partial charge in [-0.3, -0.25) is 4.98 Å². The SMILES string of the molecule is CC(C)COCC(O)CN[C@H](C)c1ccccn1. The van der Waals surface area contributed by atoms with Crippen molar-refractivity contribution in [3.8, 4) is 0 Å². The summed E-state index contributed by atoms with van der Waals surface area (Å²) in [5.74, 6) is 0.498. The van der Waals surface area contributed by atoms with Crippen molar-refractivity contribution in [2.75, 3.05) is 19.8 Å². The molecule has 102 valence electrons. The second-order valence-corrected chi connectivity index (χ2v) is 4.97. The standard InChI is InChI=1S/C14H24N2O2/c1-11(2)9-18-10-13(17)8-16-12(3)14-6-4-5-7-15-14/h4-7,11-13,16-17H,8-10H2,1-3H3/t12-,13?/m1/s1. The van der Waals surface area contributed by atoms with Crippen LogP contribution in [0.5, 0.6) is 0 Å². The molecule has 0 aromatic carbocycles. The lowest BCUT2D eigenvalue weighted by Gasteiger charge is -2.17. The maximum Gasteiger partial charge on any atom is 0.0897 e. The molecule has 0 amide bonds. The first-order chi connectivity index (χ1) is 8.59. The van der Waals surface area contributed by atoms with Gasteiger partial charge in [-0.2, -0.15) is 0 Å². The molecule has 0 saturated carbocycles. The Balaban J connectivity index is 2.20. The summed E-state index contributed by atoms with van der Waals surface area (Å²) in [7, 11) is 0. The van der Waals surface area contributed by atoms with Gasteiger partial charge < -0.3 is 15.2 Å². The summed E-state index contributed by atoms with van der Waals surface area (Å²) in [4.78, 5) is 4.27. The van der Waals surface area contributed by atoms with E-state index in [4.69, 9.17) is 4.74 Å². The average molecular weight is 252 g/mol. The fourth-order valence-electron chi connectivity index (χ4n) is 1.55. The highest BCUT2D eigenvalue weighted by Crippen LogP contribution is 2.07. The van der Waals surface area contributed by atoms with Crippen molar-refractivity contribution in [3.05, 3.63) is 30.1 Å².